The molecule has 5 nitrogen and oxygen atoms in total. The summed E-state index contributed by atoms with van der Waals surface area (Å²) in [5.41, 5.74) is 1.36. The number of rotatable bonds is 3. The van der Waals surface area contributed by atoms with Crippen LogP contribution in [0.3, 0.4) is 0 Å². The second kappa shape index (κ2) is 5.75. The molecule has 0 aliphatic rings. The molecule has 0 saturated carbocycles. The van der Waals surface area contributed by atoms with Crippen molar-refractivity contribution in [2.24, 2.45) is 5.16 Å². The number of carbonyl (C=O) groups excluding carboxylic acids is 1. The molecule has 16 heavy (non-hydrogen) atoms. The van der Waals surface area contributed by atoms with Crippen LogP contribution in [0.2, 0.25) is 0 Å². The lowest BCUT2D eigenvalue weighted by Gasteiger charge is -2.06. The molecule has 0 aliphatic heterocycles. The normalized spacial score (nSPS) is 10.8. The molecule has 1 amide bonds. The van der Waals surface area contributed by atoms with Crippen LogP contribution < -0.4 is 10.1 Å². The molecule has 1 aromatic carbocycles. The van der Waals surface area contributed by atoms with Crippen LogP contribution in [-0.2, 0) is 4.84 Å². The van der Waals surface area contributed by atoms with Crippen LogP contribution in [0.1, 0.15) is 12.5 Å². The molecule has 1 N–H and O–H groups in total. The summed E-state index contributed by atoms with van der Waals surface area (Å²) in [4.78, 5) is 15.4. The molecular weight excluding hydrogens is 208 g/mol. The largest absolute Gasteiger partial charge is 0.496 e. The second-order valence-corrected chi connectivity index (χ2v) is 3.01. The Morgan fingerprint density at radius 1 is 1.38 bits per heavy atom. The van der Waals surface area contributed by atoms with E-state index in [0.29, 0.717) is 11.5 Å². The van der Waals surface area contributed by atoms with Crippen LogP contribution >= 0.6 is 0 Å². The number of para-hydroxylation sites is 1. The minimum Gasteiger partial charge on any atom is -0.496 e. The summed E-state index contributed by atoms with van der Waals surface area (Å²) in [6.07, 6.45) is -0.603. The van der Waals surface area contributed by atoms with E-state index in [9.17, 15) is 4.79 Å². The fraction of sp³-hybridized carbons (Fsp3) is 0.273. The van der Waals surface area contributed by atoms with Crippen LogP contribution in [0.4, 0.5) is 4.79 Å². The molecule has 0 aliphatic carbocycles. The zero-order valence-electron chi connectivity index (χ0n) is 9.48. The SMILES string of the molecule is CNC(=O)O/N=C(\C)c1ccccc1OC. The van der Waals surface area contributed by atoms with Gasteiger partial charge in [-0.1, -0.05) is 17.3 Å². The fourth-order valence-electron chi connectivity index (χ4n) is 1.15. The number of ether oxygens (including phenoxy) is 1. The van der Waals surface area contributed by atoms with E-state index in [1.54, 1.807) is 14.0 Å². The Morgan fingerprint density at radius 2 is 2.06 bits per heavy atom. The molecule has 1 aromatic rings. The molecule has 0 spiro atoms. The smallest absolute Gasteiger partial charge is 0.433 e. The Morgan fingerprint density at radius 3 is 2.69 bits per heavy atom. The molecule has 0 heterocycles. The van der Waals surface area contributed by atoms with E-state index in [0.717, 1.165) is 5.56 Å². The molecule has 0 atom stereocenters. The highest BCUT2D eigenvalue weighted by atomic mass is 16.7. The van der Waals surface area contributed by atoms with Crippen LogP contribution in [0, 0.1) is 0 Å². The molecular formula is C11H14N2O3. The highest BCUT2D eigenvalue weighted by Gasteiger charge is 2.06. The van der Waals surface area contributed by atoms with Gasteiger partial charge in [0.15, 0.2) is 0 Å². The van der Waals surface area contributed by atoms with Crippen molar-refractivity contribution in [1.82, 2.24) is 5.32 Å². The van der Waals surface area contributed by atoms with E-state index in [-0.39, 0.29) is 0 Å². The molecule has 0 unspecified atom stereocenters. The van der Waals surface area contributed by atoms with Crippen molar-refractivity contribution in [3.63, 3.8) is 0 Å². The summed E-state index contributed by atoms with van der Waals surface area (Å²) in [6, 6.07) is 7.37. The Bertz CT molecular complexity index is 402. The summed E-state index contributed by atoms with van der Waals surface area (Å²) in [7, 11) is 3.04. The average Bonchev–Trinajstić information content (AvgIpc) is 2.35. The van der Waals surface area contributed by atoms with Gasteiger partial charge in [0.2, 0.25) is 0 Å². The lowest BCUT2D eigenvalue weighted by molar-refractivity contribution is 0.153. The topological polar surface area (TPSA) is 59.9 Å². The highest BCUT2D eigenvalue weighted by Crippen LogP contribution is 2.18. The summed E-state index contributed by atoms with van der Waals surface area (Å²) in [6.45, 7) is 1.74. The number of nitrogens with one attached hydrogen (secondary N) is 1. The number of hydrogen-bond donors (Lipinski definition) is 1. The van der Waals surface area contributed by atoms with E-state index in [2.05, 4.69) is 15.3 Å². The first-order chi connectivity index (χ1) is 7.69. The average molecular weight is 222 g/mol. The number of benzene rings is 1. The summed E-state index contributed by atoms with van der Waals surface area (Å²) in [5.74, 6) is 0.684. The second-order valence-electron chi connectivity index (χ2n) is 3.01. The first-order valence-corrected chi connectivity index (χ1v) is 4.75. The van der Waals surface area contributed by atoms with Gasteiger partial charge in [-0.05, 0) is 19.1 Å². The van der Waals surface area contributed by atoms with Crippen LogP contribution in [-0.4, -0.2) is 26.0 Å². The maximum Gasteiger partial charge on any atom is 0.433 e. The Balaban J connectivity index is 2.86. The maximum absolute atomic E-state index is 10.8. The summed E-state index contributed by atoms with van der Waals surface area (Å²) in [5, 5.41) is 6.00. The first kappa shape index (κ1) is 12.0. The molecule has 0 fully saturated rings. The Kier molecular flexibility index (Phi) is 4.32. The standard InChI is InChI=1S/C11H14N2O3/c1-8(13-16-11(14)12-2)9-6-4-5-7-10(9)15-3/h4-7H,1-3H3,(H,12,14)/b13-8+. The van der Waals surface area contributed by atoms with Crippen molar-refractivity contribution in [2.45, 2.75) is 6.92 Å². The van der Waals surface area contributed by atoms with Crippen molar-refractivity contribution in [1.29, 1.82) is 0 Å². The van der Waals surface area contributed by atoms with Gasteiger partial charge in [-0.2, -0.15) is 0 Å². The van der Waals surface area contributed by atoms with E-state index in [4.69, 9.17) is 4.74 Å². The zero-order chi connectivity index (χ0) is 12.0. The molecule has 0 bridgehead atoms. The molecule has 0 aromatic heterocycles. The van der Waals surface area contributed by atoms with Gasteiger partial charge in [0.05, 0.1) is 12.8 Å². The molecule has 0 radical (unpaired) electrons. The molecule has 1 rings (SSSR count). The number of methoxy groups -OCH3 is 1. The van der Waals surface area contributed by atoms with Gasteiger partial charge < -0.3 is 10.1 Å². The van der Waals surface area contributed by atoms with Crippen molar-refractivity contribution < 1.29 is 14.4 Å². The minimum absolute atomic E-state index is 0.570. The monoisotopic (exact) mass is 222 g/mol. The van der Waals surface area contributed by atoms with Gasteiger partial charge in [-0.15, -0.1) is 0 Å². The first-order valence-electron chi connectivity index (χ1n) is 4.75. The number of nitrogens with zero attached hydrogens (tertiary/aromatic N) is 1. The molecule has 0 saturated heterocycles. The lowest BCUT2D eigenvalue weighted by Crippen LogP contribution is -2.17. The number of oxime groups is 1. The minimum atomic E-state index is -0.603. The maximum atomic E-state index is 10.8. The summed E-state index contributed by atoms with van der Waals surface area (Å²) < 4.78 is 5.16. The quantitative estimate of drug-likeness (QED) is 0.481. The predicted molar refractivity (Wildman–Crippen MR) is 60.7 cm³/mol. The number of carbonyl (C=O) groups is 1. The lowest BCUT2D eigenvalue weighted by atomic mass is 10.1. The predicted octanol–water partition coefficient (Wildman–Crippen LogP) is 1.78. The van der Waals surface area contributed by atoms with Crippen molar-refractivity contribution in [3.8, 4) is 5.75 Å². The Labute approximate surface area is 94.0 Å². The fourth-order valence-corrected chi connectivity index (χ4v) is 1.15. The van der Waals surface area contributed by atoms with Gasteiger partial charge in [0, 0.05) is 12.6 Å². The van der Waals surface area contributed by atoms with Crippen molar-refractivity contribution >= 4 is 11.8 Å². The van der Waals surface area contributed by atoms with E-state index < -0.39 is 6.09 Å². The third-order valence-electron chi connectivity index (χ3n) is 1.97. The van der Waals surface area contributed by atoms with E-state index in [1.165, 1.54) is 7.05 Å². The van der Waals surface area contributed by atoms with Gasteiger partial charge in [-0.25, -0.2) is 4.79 Å². The van der Waals surface area contributed by atoms with Crippen molar-refractivity contribution in [3.05, 3.63) is 29.8 Å². The van der Waals surface area contributed by atoms with Crippen LogP contribution in [0.5, 0.6) is 5.75 Å². The van der Waals surface area contributed by atoms with Crippen molar-refractivity contribution in [2.75, 3.05) is 14.2 Å². The van der Waals surface area contributed by atoms with Crippen LogP contribution in [0.15, 0.2) is 29.4 Å². The van der Waals surface area contributed by atoms with Gasteiger partial charge >= 0.3 is 6.09 Å². The van der Waals surface area contributed by atoms with Gasteiger partial charge in [0.25, 0.3) is 0 Å². The zero-order valence-corrected chi connectivity index (χ0v) is 9.48. The molecule has 5 heteroatoms. The van der Waals surface area contributed by atoms with Crippen LogP contribution in [0.25, 0.3) is 0 Å². The van der Waals surface area contributed by atoms with E-state index in [1.807, 2.05) is 24.3 Å². The Hall–Kier alpha value is -2.04. The molecule has 86 valence electrons. The van der Waals surface area contributed by atoms with Gasteiger partial charge in [0.1, 0.15) is 5.75 Å². The number of hydrogen-bond acceptors (Lipinski definition) is 4. The third kappa shape index (κ3) is 2.98. The van der Waals surface area contributed by atoms with E-state index >= 15 is 0 Å². The summed E-state index contributed by atoms with van der Waals surface area (Å²) >= 11 is 0. The van der Waals surface area contributed by atoms with Gasteiger partial charge in [-0.3, -0.25) is 4.84 Å². The highest BCUT2D eigenvalue weighted by molar-refractivity contribution is 6.01. The number of amides is 1. The third-order valence-corrected chi connectivity index (χ3v) is 1.97.